The van der Waals surface area contributed by atoms with Gasteiger partial charge in [0.05, 0.1) is 25.4 Å². The number of rotatable bonds is 6. The summed E-state index contributed by atoms with van der Waals surface area (Å²) in [5.74, 6) is 1.51. The van der Waals surface area contributed by atoms with Crippen LogP contribution in [0.25, 0.3) is 11.5 Å². The Balaban J connectivity index is 1.63. The van der Waals surface area contributed by atoms with Gasteiger partial charge >= 0.3 is 0 Å². The Morgan fingerprint density at radius 2 is 2.21 bits per heavy atom. The lowest BCUT2D eigenvalue weighted by Crippen LogP contribution is -2.46. The number of thiophene rings is 1. The van der Waals surface area contributed by atoms with E-state index in [4.69, 9.17) is 9.72 Å². The Hall–Kier alpha value is -2.35. The molecule has 4 heterocycles. The highest BCUT2D eigenvalue weighted by Gasteiger charge is 2.28. The minimum Gasteiger partial charge on any atom is -0.387 e. The van der Waals surface area contributed by atoms with Crippen LogP contribution >= 0.6 is 11.3 Å². The molecule has 2 unspecified atom stereocenters. The zero-order chi connectivity index (χ0) is 19.3. The average molecular weight is 397 g/mol. The van der Waals surface area contributed by atoms with Gasteiger partial charge in [0.2, 0.25) is 0 Å². The Bertz CT molecular complexity index is 889. The molecule has 1 fully saturated rings. The summed E-state index contributed by atoms with van der Waals surface area (Å²) in [7, 11) is 0. The van der Waals surface area contributed by atoms with Gasteiger partial charge in [0.15, 0.2) is 5.82 Å². The van der Waals surface area contributed by atoms with Crippen LogP contribution in [0.3, 0.4) is 0 Å². The fourth-order valence-corrected chi connectivity index (χ4v) is 4.15. The van der Waals surface area contributed by atoms with E-state index in [0.29, 0.717) is 25.5 Å². The molecule has 1 aliphatic rings. The van der Waals surface area contributed by atoms with Gasteiger partial charge in [-0.3, -0.25) is 4.98 Å². The Morgan fingerprint density at radius 3 is 2.96 bits per heavy atom. The predicted octanol–water partition coefficient (Wildman–Crippen LogP) is 3.49. The van der Waals surface area contributed by atoms with Crippen LogP contribution in [0.5, 0.6) is 0 Å². The number of aromatic nitrogens is 3. The fraction of sp³-hybridized carbons (Fsp3) is 0.381. The third-order valence-electron chi connectivity index (χ3n) is 4.91. The Labute approximate surface area is 168 Å². The van der Waals surface area contributed by atoms with Crippen LogP contribution in [-0.2, 0) is 11.2 Å². The van der Waals surface area contributed by atoms with Crippen molar-refractivity contribution in [1.82, 2.24) is 15.0 Å². The minimum absolute atomic E-state index is 0.0574. The van der Waals surface area contributed by atoms with E-state index in [1.165, 1.54) is 0 Å². The summed E-state index contributed by atoms with van der Waals surface area (Å²) in [5, 5.41) is 12.6. The van der Waals surface area contributed by atoms with E-state index in [0.717, 1.165) is 35.0 Å². The van der Waals surface area contributed by atoms with Crippen LogP contribution in [0.1, 0.15) is 30.0 Å². The summed E-state index contributed by atoms with van der Waals surface area (Å²) in [5.41, 5.74) is 1.75. The maximum Gasteiger partial charge on any atom is 0.180 e. The number of nitrogens with zero attached hydrogens (tertiary/aromatic N) is 4. The number of aliphatic hydroxyl groups excluding tert-OH is 1. The van der Waals surface area contributed by atoms with Gasteiger partial charge in [-0.2, -0.15) is 0 Å². The van der Waals surface area contributed by atoms with E-state index in [-0.39, 0.29) is 6.04 Å². The smallest absolute Gasteiger partial charge is 0.180 e. The molecular weight excluding hydrogens is 372 g/mol. The molecule has 0 saturated carbocycles. The first-order valence-corrected chi connectivity index (χ1v) is 10.5. The van der Waals surface area contributed by atoms with Crippen molar-refractivity contribution < 1.29 is 9.84 Å². The van der Waals surface area contributed by atoms with Crippen molar-refractivity contribution >= 4 is 17.2 Å². The number of aliphatic hydroxyl groups is 1. The standard InChI is InChI=1S/C21H24N4O2S/c1-2-15-12-20(24-21(23-15)17-6-3-4-8-22-17)25-9-10-27-14-16(25)13-18(26)19-7-5-11-28-19/h3-8,11-12,16,18,26H,2,9-10,13-14H2,1H3. The molecule has 4 rings (SSSR count). The van der Waals surface area contributed by atoms with Crippen molar-refractivity contribution in [2.45, 2.75) is 31.9 Å². The predicted molar refractivity (Wildman–Crippen MR) is 110 cm³/mol. The number of aryl methyl sites for hydroxylation is 1. The normalized spacial score (nSPS) is 18.2. The first-order chi connectivity index (χ1) is 13.7. The van der Waals surface area contributed by atoms with Crippen molar-refractivity contribution in [2.24, 2.45) is 0 Å². The maximum atomic E-state index is 10.6. The zero-order valence-electron chi connectivity index (χ0n) is 15.9. The molecule has 1 saturated heterocycles. The number of pyridine rings is 1. The number of anilines is 1. The summed E-state index contributed by atoms with van der Waals surface area (Å²) in [6.07, 6.45) is 2.68. The highest BCUT2D eigenvalue weighted by atomic mass is 32.1. The van der Waals surface area contributed by atoms with Crippen molar-refractivity contribution in [3.63, 3.8) is 0 Å². The van der Waals surface area contributed by atoms with Gasteiger partial charge in [0.25, 0.3) is 0 Å². The lowest BCUT2D eigenvalue weighted by atomic mass is 10.1. The number of hydrogen-bond acceptors (Lipinski definition) is 7. The van der Waals surface area contributed by atoms with E-state index in [9.17, 15) is 5.11 Å². The molecule has 28 heavy (non-hydrogen) atoms. The molecule has 0 amide bonds. The van der Waals surface area contributed by atoms with Gasteiger partial charge in [-0.05, 0) is 30.0 Å². The number of ether oxygens (including phenoxy) is 1. The largest absolute Gasteiger partial charge is 0.387 e. The van der Waals surface area contributed by atoms with Crippen LogP contribution < -0.4 is 4.90 Å². The summed E-state index contributed by atoms with van der Waals surface area (Å²) in [6, 6.07) is 11.8. The summed E-state index contributed by atoms with van der Waals surface area (Å²) in [4.78, 5) is 17.1. The summed E-state index contributed by atoms with van der Waals surface area (Å²) >= 11 is 1.58. The second-order valence-electron chi connectivity index (χ2n) is 6.80. The molecule has 3 aromatic rings. The molecule has 1 N–H and O–H groups in total. The third-order valence-corrected chi connectivity index (χ3v) is 5.88. The second kappa shape index (κ2) is 8.77. The van der Waals surface area contributed by atoms with Crippen LogP contribution in [0.15, 0.2) is 48.0 Å². The van der Waals surface area contributed by atoms with Gasteiger partial charge in [-0.1, -0.05) is 19.1 Å². The molecular formula is C21H24N4O2S. The van der Waals surface area contributed by atoms with Crippen molar-refractivity contribution in [2.75, 3.05) is 24.7 Å². The van der Waals surface area contributed by atoms with Crippen LogP contribution in [-0.4, -0.2) is 45.9 Å². The fourth-order valence-electron chi connectivity index (χ4n) is 3.43. The molecule has 146 valence electrons. The average Bonchev–Trinajstić information content (AvgIpc) is 3.29. The summed E-state index contributed by atoms with van der Waals surface area (Å²) in [6.45, 7) is 4.05. The first kappa shape index (κ1) is 19.0. The molecule has 0 aromatic carbocycles. The second-order valence-corrected chi connectivity index (χ2v) is 7.78. The molecule has 2 atom stereocenters. The molecule has 6 nitrogen and oxygen atoms in total. The van der Waals surface area contributed by atoms with Crippen LogP contribution in [0, 0.1) is 0 Å². The highest BCUT2D eigenvalue weighted by molar-refractivity contribution is 7.10. The SMILES string of the molecule is CCc1cc(N2CCOCC2CC(O)c2cccs2)nc(-c2ccccn2)n1. The molecule has 0 aliphatic carbocycles. The van der Waals surface area contributed by atoms with Crippen molar-refractivity contribution in [3.05, 3.63) is 58.5 Å². The minimum atomic E-state index is -0.503. The van der Waals surface area contributed by atoms with Gasteiger partial charge in [0.1, 0.15) is 11.5 Å². The molecule has 0 bridgehead atoms. The van der Waals surface area contributed by atoms with E-state index >= 15 is 0 Å². The zero-order valence-corrected chi connectivity index (χ0v) is 16.7. The Morgan fingerprint density at radius 1 is 1.29 bits per heavy atom. The van der Waals surface area contributed by atoms with Crippen LogP contribution in [0.4, 0.5) is 5.82 Å². The third kappa shape index (κ3) is 4.22. The molecule has 0 spiro atoms. The molecule has 1 aliphatic heterocycles. The van der Waals surface area contributed by atoms with E-state index in [2.05, 4.69) is 21.8 Å². The maximum absolute atomic E-state index is 10.6. The van der Waals surface area contributed by atoms with Crippen molar-refractivity contribution in [1.29, 1.82) is 0 Å². The van der Waals surface area contributed by atoms with Gasteiger partial charge < -0.3 is 14.7 Å². The lowest BCUT2D eigenvalue weighted by molar-refractivity contribution is 0.0684. The first-order valence-electron chi connectivity index (χ1n) is 9.60. The van der Waals surface area contributed by atoms with Crippen LogP contribution in [0.2, 0.25) is 0 Å². The number of morpholine rings is 1. The van der Waals surface area contributed by atoms with Gasteiger partial charge in [-0.25, -0.2) is 9.97 Å². The van der Waals surface area contributed by atoms with Gasteiger partial charge in [0, 0.05) is 35.8 Å². The molecule has 0 radical (unpaired) electrons. The van der Waals surface area contributed by atoms with Crippen molar-refractivity contribution in [3.8, 4) is 11.5 Å². The monoisotopic (exact) mass is 396 g/mol. The summed E-state index contributed by atoms with van der Waals surface area (Å²) < 4.78 is 5.72. The van der Waals surface area contributed by atoms with E-state index in [1.54, 1.807) is 17.5 Å². The Kier molecular flexibility index (Phi) is 5.95. The van der Waals surface area contributed by atoms with E-state index in [1.807, 2.05) is 41.8 Å². The lowest BCUT2D eigenvalue weighted by Gasteiger charge is -2.37. The quantitative estimate of drug-likeness (QED) is 0.688. The molecule has 7 heteroatoms. The van der Waals surface area contributed by atoms with Gasteiger partial charge in [-0.15, -0.1) is 11.3 Å². The number of hydrogen-bond donors (Lipinski definition) is 1. The molecule has 3 aromatic heterocycles. The topological polar surface area (TPSA) is 71.4 Å². The van der Waals surface area contributed by atoms with E-state index < -0.39 is 6.10 Å². The highest BCUT2D eigenvalue weighted by Crippen LogP contribution is 2.29.